The molecule has 0 spiro atoms. The molecule has 146 valence electrons. The minimum Gasteiger partial charge on any atom is -0.486 e. The van der Waals surface area contributed by atoms with Crippen LogP contribution in [0.5, 0.6) is 11.5 Å². The van der Waals surface area contributed by atoms with E-state index in [0.29, 0.717) is 24.7 Å². The molecule has 3 aromatic rings. The highest BCUT2D eigenvalue weighted by Gasteiger charge is 2.21. The molecule has 0 bridgehead atoms. The van der Waals surface area contributed by atoms with Gasteiger partial charge in [-0.25, -0.2) is 0 Å². The summed E-state index contributed by atoms with van der Waals surface area (Å²) in [6, 6.07) is 9.25. The van der Waals surface area contributed by atoms with Crippen LogP contribution in [0.1, 0.15) is 37.2 Å². The van der Waals surface area contributed by atoms with E-state index in [1.165, 1.54) is 0 Å². The van der Waals surface area contributed by atoms with E-state index in [9.17, 15) is 4.79 Å². The number of ether oxygens (including phenoxy) is 2. The molecule has 0 saturated heterocycles. The predicted octanol–water partition coefficient (Wildman–Crippen LogP) is 3.46. The number of pyridine rings is 1. The molecular weight excluding hydrogens is 424 g/mol. The average Bonchev–Trinajstić information content (AvgIpc) is 3.12. The molecule has 1 amide bonds. The Balaban J connectivity index is 1.53. The molecular formula is C20H21BrN4O3. The highest BCUT2D eigenvalue weighted by molar-refractivity contribution is 9.10. The molecule has 1 aromatic carbocycles. The van der Waals surface area contributed by atoms with Crippen LogP contribution < -0.4 is 14.8 Å². The van der Waals surface area contributed by atoms with Gasteiger partial charge in [-0.05, 0) is 36.2 Å². The number of amides is 1. The SMILES string of the molecule is CCCC(NC(=O)Cc1cc2c(cc1Br)OCCO2)c1nnc2ccccn12. The summed E-state index contributed by atoms with van der Waals surface area (Å²) in [6.45, 7) is 3.13. The number of hydrogen-bond acceptors (Lipinski definition) is 5. The first-order valence-electron chi connectivity index (χ1n) is 9.32. The van der Waals surface area contributed by atoms with Crippen LogP contribution in [0.3, 0.4) is 0 Å². The van der Waals surface area contributed by atoms with E-state index >= 15 is 0 Å². The first-order chi connectivity index (χ1) is 13.7. The third-order valence-corrected chi connectivity index (χ3v) is 5.36. The van der Waals surface area contributed by atoms with Gasteiger partial charge in [0.25, 0.3) is 0 Å². The second-order valence-corrected chi connectivity index (χ2v) is 7.51. The molecule has 1 unspecified atom stereocenters. The summed E-state index contributed by atoms with van der Waals surface area (Å²) < 4.78 is 13.9. The molecule has 7 nitrogen and oxygen atoms in total. The van der Waals surface area contributed by atoms with Crippen LogP contribution in [0.2, 0.25) is 0 Å². The van der Waals surface area contributed by atoms with Crippen LogP contribution in [0.15, 0.2) is 41.0 Å². The minimum atomic E-state index is -0.203. The fourth-order valence-electron chi connectivity index (χ4n) is 3.31. The summed E-state index contributed by atoms with van der Waals surface area (Å²) in [4.78, 5) is 12.8. The number of aromatic nitrogens is 3. The molecule has 0 aliphatic carbocycles. The van der Waals surface area contributed by atoms with E-state index < -0.39 is 0 Å². The van der Waals surface area contributed by atoms with Crippen LogP contribution >= 0.6 is 15.9 Å². The Hall–Kier alpha value is -2.61. The third-order valence-electron chi connectivity index (χ3n) is 4.63. The second kappa shape index (κ2) is 8.18. The number of carbonyl (C=O) groups excluding carboxylic acids is 1. The summed E-state index contributed by atoms with van der Waals surface area (Å²) in [5.74, 6) is 2.03. The highest BCUT2D eigenvalue weighted by atomic mass is 79.9. The average molecular weight is 445 g/mol. The van der Waals surface area contributed by atoms with Crippen LogP contribution in [0.4, 0.5) is 0 Å². The maximum Gasteiger partial charge on any atom is 0.225 e. The van der Waals surface area contributed by atoms with Crippen molar-refractivity contribution in [2.45, 2.75) is 32.2 Å². The minimum absolute atomic E-state index is 0.0801. The molecule has 8 heteroatoms. The van der Waals surface area contributed by atoms with Gasteiger partial charge in [-0.3, -0.25) is 9.20 Å². The Labute approximate surface area is 171 Å². The van der Waals surface area contributed by atoms with Crippen molar-refractivity contribution in [2.75, 3.05) is 13.2 Å². The Morgan fingerprint density at radius 1 is 1.25 bits per heavy atom. The van der Waals surface area contributed by atoms with Gasteiger partial charge in [0.15, 0.2) is 23.0 Å². The summed E-state index contributed by atoms with van der Waals surface area (Å²) in [7, 11) is 0. The second-order valence-electron chi connectivity index (χ2n) is 6.66. The summed E-state index contributed by atoms with van der Waals surface area (Å²) in [6.07, 6.45) is 3.84. The zero-order valence-electron chi connectivity index (χ0n) is 15.5. The molecule has 1 aliphatic rings. The number of rotatable bonds is 6. The van der Waals surface area contributed by atoms with Gasteiger partial charge in [0, 0.05) is 10.7 Å². The van der Waals surface area contributed by atoms with Gasteiger partial charge in [0.05, 0.1) is 12.5 Å². The van der Waals surface area contributed by atoms with Gasteiger partial charge >= 0.3 is 0 Å². The van der Waals surface area contributed by atoms with E-state index in [0.717, 1.165) is 34.3 Å². The molecule has 1 N–H and O–H groups in total. The fourth-order valence-corrected chi connectivity index (χ4v) is 3.77. The van der Waals surface area contributed by atoms with Crippen molar-refractivity contribution >= 4 is 27.5 Å². The van der Waals surface area contributed by atoms with Crippen molar-refractivity contribution in [3.05, 3.63) is 52.4 Å². The van der Waals surface area contributed by atoms with E-state index in [-0.39, 0.29) is 18.4 Å². The Kier molecular flexibility index (Phi) is 5.47. The lowest BCUT2D eigenvalue weighted by Crippen LogP contribution is -2.31. The van der Waals surface area contributed by atoms with Crippen molar-refractivity contribution in [2.24, 2.45) is 0 Å². The van der Waals surface area contributed by atoms with Crippen LogP contribution in [0, 0.1) is 0 Å². The van der Waals surface area contributed by atoms with Gasteiger partial charge in [-0.2, -0.15) is 0 Å². The topological polar surface area (TPSA) is 77.8 Å². The zero-order chi connectivity index (χ0) is 19.5. The van der Waals surface area contributed by atoms with Gasteiger partial charge in [-0.15, -0.1) is 10.2 Å². The Morgan fingerprint density at radius 2 is 2.04 bits per heavy atom. The maximum absolute atomic E-state index is 12.8. The van der Waals surface area contributed by atoms with Crippen molar-refractivity contribution < 1.29 is 14.3 Å². The van der Waals surface area contributed by atoms with E-state index in [1.807, 2.05) is 40.9 Å². The smallest absolute Gasteiger partial charge is 0.225 e. The first-order valence-corrected chi connectivity index (χ1v) is 10.1. The predicted molar refractivity (Wildman–Crippen MR) is 108 cm³/mol. The van der Waals surface area contributed by atoms with Gasteiger partial charge in [0.2, 0.25) is 5.91 Å². The third kappa shape index (κ3) is 3.82. The lowest BCUT2D eigenvalue weighted by Gasteiger charge is -2.20. The van der Waals surface area contributed by atoms with Gasteiger partial charge in [0.1, 0.15) is 13.2 Å². The molecule has 1 atom stereocenters. The number of benzene rings is 1. The van der Waals surface area contributed by atoms with Crippen molar-refractivity contribution in [1.82, 2.24) is 19.9 Å². The molecule has 4 rings (SSSR count). The van der Waals surface area contributed by atoms with Gasteiger partial charge < -0.3 is 14.8 Å². The summed E-state index contributed by atoms with van der Waals surface area (Å²) in [5.41, 5.74) is 1.62. The Bertz CT molecular complexity index is 1000. The molecule has 0 saturated carbocycles. The van der Waals surface area contributed by atoms with E-state index in [4.69, 9.17) is 9.47 Å². The molecule has 0 radical (unpaired) electrons. The number of halogens is 1. The molecule has 2 aromatic heterocycles. The summed E-state index contributed by atoms with van der Waals surface area (Å²) >= 11 is 3.53. The quantitative estimate of drug-likeness (QED) is 0.629. The fraction of sp³-hybridized carbons (Fsp3) is 0.350. The number of carbonyl (C=O) groups is 1. The molecule has 28 heavy (non-hydrogen) atoms. The zero-order valence-corrected chi connectivity index (χ0v) is 17.1. The number of nitrogens with one attached hydrogen (secondary N) is 1. The van der Waals surface area contributed by atoms with E-state index in [1.54, 1.807) is 0 Å². The number of fused-ring (bicyclic) bond motifs is 2. The van der Waals surface area contributed by atoms with E-state index in [2.05, 4.69) is 38.4 Å². The standard InChI is InChI=1S/C20H21BrN4O3/c1-2-5-15(20-24-23-18-6-3-4-7-25(18)20)22-19(26)11-13-10-16-17(12-14(13)21)28-9-8-27-16/h3-4,6-7,10,12,15H,2,5,8-9,11H2,1H3,(H,22,26). The molecule has 3 heterocycles. The van der Waals surface area contributed by atoms with Crippen molar-refractivity contribution in [3.63, 3.8) is 0 Å². The number of nitrogens with zero attached hydrogens (tertiary/aromatic N) is 3. The van der Waals surface area contributed by atoms with Crippen LogP contribution in [-0.2, 0) is 11.2 Å². The molecule has 1 aliphatic heterocycles. The lowest BCUT2D eigenvalue weighted by molar-refractivity contribution is -0.121. The Morgan fingerprint density at radius 3 is 2.82 bits per heavy atom. The van der Waals surface area contributed by atoms with Crippen LogP contribution in [0.25, 0.3) is 5.65 Å². The van der Waals surface area contributed by atoms with Crippen molar-refractivity contribution in [1.29, 1.82) is 0 Å². The summed E-state index contributed by atoms with van der Waals surface area (Å²) in [5, 5.41) is 11.6. The van der Waals surface area contributed by atoms with Crippen LogP contribution in [-0.4, -0.2) is 33.7 Å². The van der Waals surface area contributed by atoms with Gasteiger partial charge in [-0.1, -0.05) is 35.3 Å². The largest absolute Gasteiger partial charge is 0.486 e. The highest BCUT2D eigenvalue weighted by Crippen LogP contribution is 2.35. The monoisotopic (exact) mass is 444 g/mol. The van der Waals surface area contributed by atoms with Crippen molar-refractivity contribution in [3.8, 4) is 11.5 Å². The first kappa shape index (κ1) is 18.7. The lowest BCUT2D eigenvalue weighted by atomic mass is 10.1. The molecule has 0 fully saturated rings. The normalized spacial score (nSPS) is 14.1. The number of hydrogen-bond donors (Lipinski definition) is 1. The maximum atomic E-state index is 12.8.